The third-order valence-electron chi connectivity index (χ3n) is 3.21. The molecule has 0 aliphatic carbocycles. The van der Waals surface area contributed by atoms with Gasteiger partial charge in [-0.1, -0.05) is 0 Å². The van der Waals surface area contributed by atoms with E-state index in [0.29, 0.717) is 6.41 Å². The van der Waals surface area contributed by atoms with Gasteiger partial charge in [-0.05, 0) is 0 Å². The maximum Gasteiger partial charge on any atom is 0.330 e. The summed E-state index contributed by atoms with van der Waals surface area (Å²) < 4.78 is 6.10. The number of ether oxygens (including phenoxy) is 1. The van der Waals surface area contributed by atoms with Crippen molar-refractivity contribution >= 4 is 6.41 Å². The van der Waals surface area contributed by atoms with E-state index >= 15 is 0 Å². The van der Waals surface area contributed by atoms with Crippen LogP contribution in [0, 0.1) is 0 Å². The molecule has 4 atom stereocenters. The monoisotopic (exact) mass is 301 g/mol. The zero-order valence-corrected chi connectivity index (χ0v) is 10.8. The second-order valence-electron chi connectivity index (χ2n) is 4.55. The molecule has 1 aromatic heterocycles. The molecule has 1 aliphatic rings. The highest BCUT2D eigenvalue weighted by Gasteiger charge is 2.43. The minimum Gasteiger partial charge on any atom is -0.394 e. The predicted molar refractivity (Wildman–Crippen MR) is 67.2 cm³/mol. The van der Waals surface area contributed by atoms with E-state index in [1.54, 1.807) is 0 Å². The van der Waals surface area contributed by atoms with E-state index in [2.05, 4.69) is 5.32 Å². The number of hydrogen-bond acceptors (Lipinski definition) is 7. The third kappa shape index (κ3) is 2.88. The normalized spacial score (nSPS) is 28.5. The van der Waals surface area contributed by atoms with Gasteiger partial charge in [0.1, 0.15) is 18.3 Å². The fraction of sp³-hybridized carbons (Fsp3) is 0.545. The number of amides is 1. The molecule has 21 heavy (non-hydrogen) atoms. The summed E-state index contributed by atoms with van der Waals surface area (Å²) in [7, 11) is 0. The van der Waals surface area contributed by atoms with Crippen LogP contribution >= 0.6 is 0 Å². The zero-order valence-electron chi connectivity index (χ0n) is 10.8. The summed E-state index contributed by atoms with van der Waals surface area (Å²) in [5.74, 6) is 0. The van der Waals surface area contributed by atoms with Gasteiger partial charge in [0.2, 0.25) is 6.41 Å². The van der Waals surface area contributed by atoms with Crippen LogP contribution in [0.3, 0.4) is 0 Å². The van der Waals surface area contributed by atoms with Crippen LogP contribution < -0.4 is 16.6 Å². The first-order valence-corrected chi connectivity index (χ1v) is 6.13. The first kappa shape index (κ1) is 15.4. The SMILES string of the molecule is O=CNCc1cn([C@@H]2O[C@H](CO)[C@@H](O)[C@H]2O)c(=O)[nH]c1=O. The fourth-order valence-electron chi connectivity index (χ4n) is 2.10. The summed E-state index contributed by atoms with van der Waals surface area (Å²) in [6, 6.07) is 0. The minimum atomic E-state index is -1.45. The topological polar surface area (TPSA) is 154 Å². The molecule has 1 amide bonds. The number of aliphatic hydroxyl groups is 3. The summed E-state index contributed by atoms with van der Waals surface area (Å²) >= 11 is 0. The number of carbonyl (C=O) groups excluding carboxylic acids is 1. The Morgan fingerprint density at radius 2 is 2.10 bits per heavy atom. The van der Waals surface area contributed by atoms with E-state index in [0.717, 1.165) is 10.8 Å². The molecular weight excluding hydrogens is 286 g/mol. The number of carbonyl (C=O) groups is 1. The molecule has 0 aromatic carbocycles. The number of aromatic nitrogens is 2. The molecule has 116 valence electrons. The molecule has 1 aromatic rings. The van der Waals surface area contributed by atoms with E-state index < -0.39 is 42.4 Å². The average molecular weight is 301 g/mol. The fourth-order valence-corrected chi connectivity index (χ4v) is 2.10. The van der Waals surface area contributed by atoms with Crippen molar-refractivity contribution in [3.05, 3.63) is 32.6 Å². The van der Waals surface area contributed by atoms with Gasteiger partial charge >= 0.3 is 5.69 Å². The van der Waals surface area contributed by atoms with E-state index in [1.807, 2.05) is 4.98 Å². The summed E-state index contributed by atoms with van der Waals surface area (Å²) in [5, 5.41) is 30.8. The summed E-state index contributed by atoms with van der Waals surface area (Å²) in [6.45, 7) is -0.652. The molecule has 0 radical (unpaired) electrons. The largest absolute Gasteiger partial charge is 0.394 e. The Kier molecular flexibility index (Phi) is 4.53. The summed E-state index contributed by atoms with van der Waals surface area (Å²) in [5.41, 5.74) is -1.46. The molecule has 0 saturated carbocycles. The third-order valence-corrected chi connectivity index (χ3v) is 3.21. The number of rotatable bonds is 5. The molecular formula is C11H15N3O7. The minimum absolute atomic E-state index is 0.0689. The number of aromatic amines is 1. The highest BCUT2D eigenvalue weighted by Crippen LogP contribution is 2.27. The Morgan fingerprint density at radius 3 is 2.67 bits per heavy atom. The molecule has 1 saturated heterocycles. The van der Waals surface area contributed by atoms with Gasteiger partial charge in [-0.2, -0.15) is 0 Å². The van der Waals surface area contributed by atoms with Gasteiger partial charge in [-0.3, -0.25) is 19.1 Å². The standard InChI is InChI=1S/C11H15N3O7/c15-3-6-7(17)8(18)10(21-6)14-2-5(1-12-4-16)9(19)13-11(14)20/h2,4,6-8,10,15,17-18H,1,3H2,(H,12,16)(H,13,19,20)/t6-,7-,8-,10-/m1/s1. The number of H-pyrrole nitrogens is 1. The van der Waals surface area contributed by atoms with Crippen molar-refractivity contribution < 1.29 is 24.9 Å². The maximum absolute atomic E-state index is 11.8. The second kappa shape index (κ2) is 6.18. The first-order valence-electron chi connectivity index (χ1n) is 6.13. The van der Waals surface area contributed by atoms with Crippen molar-refractivity contribution in [1.82, 2.24) is 14.9 Å². The van der Waals surface area contributed by atoms with Crippen molar-refractivity contribution in [2.45, 2.75) is 31.1 Å². The highest BCUT2D eigenvalue weighted by atomic mass is 16.6. The van der Waals surface area contributed by atoms with Crippen molar-refractivity contribution in [3.63, 3.8) is 0 Å². The Bertz CT molecular complexity index is 625. The second-order valence-corrected chi connectivity index (χ2v) is 4.55. The van der Waals surface area contributed by atoms with Crippen LogP contribution in [-0.4, -0.2) is 56.2 Å². The van der Waals surface area contributed by atoms with Crippen LogP contribution in [0.4, 0.5) is 0 Å². The van der Waals surface area contributed by atoms with Crippen LogP contribution in [0.25, 0.3) is 0 Å². The van der Waals surface area contributed by atoms with Crippen molar-refractivity contribution in [1.29, 1.82) is 0 Å². The van der Waals surface area contributed by atoms with Gasteiger partial charge in [0.05, 0.1) is 12.2 Å². The van der Waals surface area contributed by atoms with Crippen LogP contribution in [0.15, 0.2) is 15.8 Å². The van der Waals surface area contributed by atoms with Crippen LogP contribution in [0.5, 0.6) is 0 Å². The zero-order chi connectivity index (χ0) is 15.6. The lowest BCUT2D eigenvalue weighted by Crippen LogP contribution is -2.39. The molecule has 2 heterocycles. The van der Waals surface area contributed by atoms with E-state index in [1.165, 1.54) is 0 Å². The van der Waals surface area contributed by atoms with Crippen LogP contribution in [-0.2, 0) is 16.1 Å². The van der Waals surface area contributed by atoms with Gasteiger partial charge in [0.15, 0.2) is 6.23 Å². The highest BCUT2D eigenvalue weighted by molar-refractivity contribution is 5.46. The molecule has 0 bridgehead atoms. The molecule has 10 nitrogen and oxygen atoms in total. The Morgan fingerprint density at radius 1 is 1.38 bits per heavy atom. The molecule has 5 N–H and O–H groups in total. The predicted octanol–water partition coefficient (Wildman–Crippen LogP) is -3.61. The Hall–Kier alpha value is -2.01. The molecule has 0 unspecified atom stereocenters. The lowest BCUT2D eigenvalue weighted by atomic mass is 10.1. The lowest BCUT2D eigenvalue weighted by molar-refractivity contribution is -0.109. The van der Waals surface area contributed by atoms with Crippen LogP contribution in [0.1, 0.15) is 11.8 Å². The lowest BCUT2D eigenvalue weighted by Gasteiger charge is -2.17. The maximum atomic E-state index is 11.8. The van der Waals surface area contributed by atoms with Crippen molar-refractivity contribution in [2.75, 3.05) is 6.61 Å². The van der Waals surface area contributed by atoms with E-state index in [4.69, 9.17) is 9.84 Å². The van der Waals surface area contributed by atoms with Gasteiger partial charge < -0.3 is 25.4 Å². The van der Waals surface area contributed by atoms with E-state index in [9.17, 15) is 24.6 Å². The average Bonchev–Trinajstić information content (AvgIpc) is 2.74. The van der Waals surface area contributed by atoms with Crippen LogP contribution in [0.2, 0.25) is 0 Å². The number of hydrogen-bond donors (Lipinski definition) is 5. The van der Waals surface area contributed by atoms with Gasteiger partial charge in [0.25, 0.3) is 5.56 Å². The Labute approximate surface area is 117 Å². The summed E-state index contributed by atoms with van der Waals surface area (Å²) in [4.78, 5) is 35.6. The van der Waals surface area contributed by atoms with E-state index in [-0.39, 0.29) is 12.1 Å². The number of aliphatic hydroxyl groups excluding tert-OH is 3. The first-order chi connectivity index (χ1) is 9.99. The quantitative estimate of drug-likeness (QED) is 0.352. The number of nitrogens with zero attached hydrogens (tertiary/aromatic N) is 1. The van der Waals surface area contributed by atoms with Crippen molar-refractivity contribution in [2.24, 2.45) is 0 Å². The Balaban J connectivity index is 2.37. The van der Waals surface area contributed by atoms with Gasteiger partial charge in [-0.15, -0.1) is 0 Å². The molecule has 1 aliphatic heterocycles. The molecule has 1 fully saturated rings. The summed E-state index contributed by atoms with van der Waals surface area (Å²) in [6.07, 6.45) is -3.59. The molecule has 10 heteroatoms. The molecule has 2 rings (SSSR count). The van der Waals surface area contributed by atoms with Gasteiger partial charge in [0, 0.05) is 12.7 Å². The number of nitrogens with one attached hydrogen (secondary N) is 2. The molecule has 0 spiro atoms. The van der Waals surface area contributed by atoms with Gasteiger partial charge in [-0.25, -0.2) is 4.79 Å². The van der Waals surface area contributed by atoms with Crippen molar-refractivity contribution in [3.8, 4) is 0 Å². The smallest absolute Gasteiger partial charge is 0.330 e.